The minimum Gasteiger partial charge on any atom is -0.344 e. The summed E-state index contributed by atoms with van der Waals surface area (Å²) in [4.78, 5) is 0. The molecule has 1 aromatic heterocycles. The Bertz CT molecular complexity index is 516. The molecule has 0 bridgehead atoms. The largest absolute Gasteiger partial charge is 0.344 e. The molecule has 0 amide bonds. The van der Waals surface area contributed by atoms with Crippen LogP contribution >= 0.6 is 0 Å². The Balaban J connectivity index is 2.17. The van der Waals surface area contributed by atoms with Gasteiger partial charge in [-0.2, -0.15) is 0 Å². The molecule has 0 saturated heterocycles. The summed E-state index contributed by atoms with van der Waals surface area (Å²) in [5.41, 5.74) is 7.94. The first-order valence-corrected chi connectivity index (χ1v) is 5.25. The van der Waals surface area contributed by atoms with Gasteiger partial charge in [-0.3, -0.25) is 0 Å². The third kappa shape index (κ3) is 1.27. The van der Waals surface area contributed by atoms with Gasteiger partial charge in [0.2, 0.25) is 0 Å². The number of benzene rings is 1. The molecule has 0 saturated carbocycles. The van der Waals surface area contributed by atoms with E-state index in [1.54, 1.807) is 6.07 Å². The molecule has 2 nitrogen and oxygen atoms in total. The van der Waals surface area contributed by atoms with Crippen LogP contribution in [-0.2, 0) is 13.0 Å². The summed E-state index contributed by atoms with van der Waals surface area (Å²) < 4.78 is 15.3. The van der Waals surface area contributed by atoms with Gasteiger partial charge < -0.3 is 10.3 Å². The predicted octanol–water partition coefficient (Wildman–Crippen LogP) is 1.91. The lowest BCUT2D eigenvalue weighted by atomic mass is 10.1. The number of halogens is 1. The van der Waals surface area contributed by atoms with Crippen LogP contribution in [0, 0.1) is 11.7 Å². The van der Waals surface area contributed by atoms with Crippen molar-refractivity contribution in [1.29, 1.82) is 0 Å². The predicted molar refractivity (Wildman–Crippen MR) is 58.1 cm³/mol. The van der Waals surface area contributed by atoms with Gasteiger partial charge in [-0.1, -0.05) is 0 Å². The molecule has 1 unspecified atom stereocenters. The topological polar surface area (TPSA) is 30.9 Å². The van der Waals surface area contributed by atoms with Crippen molar-refractivity contribution >= 4 is 10.9 Å². The van der Waals surface area contributed by atoms with E-state index in [0.717, 1.165) is 23.9 Å². The second-order valence-corrected chi connectivity index (χ2v) is 4.26. The second-order valence-electron chi connectivity index (χ2n) is 4.26. The number of nitrogens with zero attached hydrogens (tertiary/aromatic N) is 1. The SMILES string of the molecule is NCC1Cc2cc3ccc(F)cc3n2C1. The van der Waals surface area contributed by atoms with Crippen LogP contribution in [0.4, 0.5) is 4.39 Å². The Hall–Kier alpha value is -1.35. The summed E-state index contributed by atoms with van der Waals surface area (Å²) >= 11 is 0. The van der Waals surface area contributed by atoms with E-state index >= 15 is 0 Å². The smallest absolute Gasteiger partial charge is 0.125 e. The highest BCUT2D eigenvalue weighted by Gasteiger charge is 2.22. The Morgan fingerprint density at radius 3 is 3.07 bits per heavy atom. The lowest BCUT2D eigenvalue weighted by Crippen LogP contribution is -2.15. The van der Waals surface area contributed by atoms with Crippen LogP contribution in [0.25, 0.3) is 10.9 Å². The first-order chi connectivity index (χ1) is 7.28. The third-order valence-corrected chi connectivity index (χ3v) is 3.22. The van der Waals surface area contributed by atoms with E-state index in [4.69, 9.17) is 5.73 Å². The van der Waals surface area contributed by atoms with Crippen LogP contribution in [0.3, 0.4) is 0 Å². The van der Waals surface area contributed by atoms with Gasteiger partial charge in [0, 0.05) is 17.6 Å². The average Bonchev–Trinajstić information content (AvgIpc) is 2.75. The van der Waals surface area contributed by atoms with Gasteiger partial charge in [-0.15, -0.1) is 0 Å². The van der Waals surface area contributed by atoms with Gasteiger partial charge >= 0.3 is 0 Å². The molecule has 1 aliphatic rings. The van der Waals surface area contributed by atoms with Gasteiger partial charge in [0.1, 0.15) is 5.82 Å². The van der Waals surface area contributed by atoms with Gasteiger partial charge in [0.25, 0.3) is 0 Å². The second kappa shape index (κ2) is 3.07. The molecule has 0 aliphatic carbocycles. The van der Waals surface area contributed by atoms with Crippen molar-refractivity contribution in [3.8, 4) is 0 Å². The lowest BCUT2D eigenvalue weighted by Gasteiger charge is -2.05. The van der Waals surface area contributed by atoms with Crippen LogP contribution in [0.5, 0.6) is 0 Å². The highest BCUT2D eigenvalue weighted by molar-refractivity contribution is 5.81. The maximum absolute atomic E-state index is 13.1. The van der Waals surface area contributed by atoms with Crippen molar-refractivity contribution in [2.75, 3.05) is 6.54 Å². The van der Waals surface area contributed by atoms with E-state index in [9.17, 15) is 4.39 Å². The zero-order valence-electron chi connectivity index (χ0n) is 8.41. The summed E-state index contributed by atoms with van der Waals surface area (Å²) in [6.07, 6.45) is 1.02. The molecule has 78 valence electrons. The van der Waals surface area contributed by atoms with Crippen LogP contribution in [0.2, 0.25) is 0 Å². The molecule has 2 heterocycles. The molecule has 1 aromatic carbocycles. The van der Waals surface area contributed by atoms with E-state index < -0.39 is 0 Å². The van der Waals surface area contributed by atoms with Crippen molar-refractivity contribution in [1.82, 2.24) is 4.57 Å². The minimum absolute atomic E-state index is 0.167. The molecular formula is C12H13FN2. The number of hydrogen-bond donors (Lipinski definition) is 1. The number of aromatic nitrogens is 1. The van der Waals surface area contributed by atoms with E-state index in [1.807, 2.05) is 6.07 Å². The lowest BCUT2D eigenvalue weighted by molar-refractivity contribution is 0.530. The standard InChI is InChI=1S/C12H13FN2/c13-10-2-1-9-4-11-3-8(6-14)7-15(11)12(9)5-10/h1-2,4-5,8H,3,6-7,14H2. The van der Waals surface area contributed by atoms with Crippen molar-refractivity contribution < 1.29 is 4.39 Å². The molecule has 1 aliphatic heterocycles. The first-order valence-electron chi connectivity index (χ1n) is 5.25. The van der Waals surface area contributed by atoms with Crippen molar-refractivity contribution in [3.05, 3.63) is 35.8 Å². The first kappa shape index (κ1) is 8.92. The number of rotatable bonds is 1. The highest BCUT2D eigenvalue weighted by Crippen LogP contribution is 2.28. The molecular weight excluding hydrogens is 191 g/mol. The fourth-order valence-corrected chi connectivity index (χ4v) is 2.45. The fourth-order valence-electron chi connectivity index (χ4n) is 2.45. The number of nitrogens with two attached hydrogens (primary N) is 1. The highest BCUT2D eigenvalue weighted by atomic mass is 19.1. The van der Waals surface area contributed by atoms with Crippen LogP contribution in [0.15, 0.2) is 24.3 Å². The van der Waals surface area contributed by atoms with Crippen molar-refractivity contribution in [3.63, 3.8) is 0 Å². The van der Waals surface area contributed by atoms with E-state index in [2.05, 4.69) is 10.6 Å². The van der Waals surface area contributed by atoms with Crippen LogP contribution < -0.4 is 5.73 Å². The number of fused-ring (bicyclic) bond motifs is 3. The molecule has 2 N–H and O–H groups in total. The van der Waals surface area contributed by atoms with Crippen molar-refractivity contribution in [2.24, 2.45) is 11.7 Å². The van der Waals surface area contributed by atoms with E-state index in [-0.39, 0.29) is 5.82 Å². The quantitative estimate of drug-likeness (QED) is 0.755. The number of hydrogen-bond acceptors (Lipinski definition) is 1. The van der Waals surface area contributed by atoms with Gasteiger partial charge in [-0.25, -0.2) is 4.39 Å². The molecule has 0 radical (unpaired) electrons. The van der Waals surface area contributed by atoms with Crippen molar-refractivity contribution in [2.45, 2.75) is 13.0 Å². The van der Waals surface area contributed by atoms with Crippen LogP contribution in [0.1, 0.15) is 5.69 Å². The third-order valence-electron chi connectivity index (χ3n) is 3.22. The summed E-state index contributed by atoms with van der Waals surface area (Å²) in [5.74, 6) is 0.354. The molecule has 1 atom stereocenters. The Morgan fingerprint density at radius 1 is 1.40 bits per heavy atom. The molecule has 0 fully saturated rings. The monoisotopic (exact) mass is 204 g/mol. The summed E-state index contributed by atoms with van der Waals surface area (Å²) in [6.45, 7) is 1.64. The van der Waals surface area contributed by atoms with Gasteiger partial charge in [0.05, 0.1) is 5.52 Å². The normalized spacial score (nSPS) is 19.7. The Morgan fingerprint density at radius 2 is 2.27 bits per heavy atom. The van der Waals surface area contributed by atoms with Gasteiger partial charge in [0.15, 0.2) is 0 Å². The zero-order valence-corrected chi connectivity index (χ0v) is 8.41. The molecule has 3 heteroatoms. The summed E-state index contributed by atoms with van der Waals surface area (Å²) in [7, 11) is 0. The zero-order chi connectivity index (χ0) is 10.4. The van der Waals surface area contributed by atoms with Gasteiger partial charge in [-0.05, 0) is 43.1 Å². The molecule has 2 aromatic rings. The molecule has 15 heavy (non-hydrogen) atoms. The van der Waals surface area contributed by atoms with Crippen LogP contribution in [-0.4, -0.2) is 11.1 Å². The summed E-state index contributed by atoms with van der Waals surface area (Å²) in [5, 5.41) is 1.13. The minimum atomic E-state index is -0.167. The summed E-state index contributed by atoms with van der Waals surface area (Å²) in [6, 6.07) is 7.11. The average molecular weight is 204 g/mol. The van der Waals surface area contributed by atoms with E-state index in [1.165, 1.54) is 11.8 Å². The van der Waals surface area contributed by atoms with E-state index in [0.29, 0.717) is 12.5 Å². The maximum Gasteiger partial charge on any atom is 0.125 e. The molecule has 0 spiro atoms. The maximum atomic E-state index is 13.1. The molecule has 3 rings (SSSR count). The Labute approximate surface area is 87.5 Å². The fraction of sp³-hybridized carbons (Fsp3) is 0.333. The Kier molecular flexibility index (Phi) is 1.83.